The molecule has 0 bridgehead atoms. The topological polar surface area (TPSA) is 71.2 Å². The van der Waals surface area contributed by atoms with E-state index in [0.717, 1.165) is 19.4 Å². The molecule has 0 aliphatic heterocycles. The molecule has 0 aliphatic carbocycles. The van der Waals surface area contributed by atoms with Crippen LogP contribution in [0.1, 0.15) is 79.6 Å². The number of ether oxygens (including phenoxy) is 1. The highest BCUT2D eigenvalue weighted by Gasteiger charge is 2.09. The van der Waals surface area contributed by atoms with E-state index < -0.39 is 0 Å². The van der Waals surface area contributed by atoms with Crippen LogP contribution in [0.2, 0.25) is 0 Å². The van der Waals surface area contributed by atoms with E-state index in [1.807, 2.05) is 0 Å². The summed E-state index contributed by atoms with van der Waals surface area (Å²) in [6.07, 6.45) is 9.94. The third-order valence-electron chi connectivity index (χ3n) is 3.73. The van der Waals surface area contributed by atoms with E-state index in [0.29, 0.717) is 24.4 Å². The molecule has 0 saturated heterocycles. The van der Waals surface area contributed by atoms with Gasteiger partial charge in [-0.1, -0.05) is 39.0 Å². The van der Waals surface area contributed by atoms with Crippen molar-refractivity contribution in [3.63, 3.8) is 0 Å². The molecule has 1 amide bonds. The number of hydrogen-bond acceptors (Lipinski definition) is 3. The highest BCUT2D eigenvalue weighted by molar-refractivity contribution is 5.99. The molecule has 0 aliphatic rings. The molecular formula is C18H30N2O3. The summed E-state index contributed by atoms with van der Waals surface area (Å²) in [6, 6.07) is 1.58. The molecule has 130 valence electrons. The summed E-state index contributed by atoms with van der Waals surface area (Å²) < 4.78 is 5.56. The lowest BCUT2D eigenvalue weighted by atomic mass is 10.1. The summed E-state index contributed by atoms with van der Waals surface area (Å²) >= 11 is 0. The third kappa shape index (κ3) is 8.55. The largest absolute Gasteiger partial charge is 0.381 e. The highest BCUT2D eigenvalue weighted by Crippen LogP contribution is 2.05. The molecule has 5 nitrogen and oxygen atoms in total. The zero-order valence-electron chi connectivity index (χ0n) is 14.5. The van der Waals surface area contributed by atoms with Gasteiger partial charge < -0.3 is 15.0 Å². The van der Waals surface area contributed by atoms with E-state index in [1.54, 1.807) is 12.3 Å². The van der Waals surface area contributed by atoms with Gasteiger partial charge in [-0.25, -0.2) is 0 Å². The lowest BCUT2D eigenvalue weighted by molar-refractivity contribution is 0.0935. The van der Waals surface area contributed by atoms with Gasteiger partial charge in [-0.2, -0.15) is 0 Å². The van der Waals surface area contributed by atoms with Crippen LogP contribution in [0.4, 0.5) is 0 Å². The fraction of sp³-hybridized carbons (Fsp3) is 0.667. The molecule has 0 unspecified atom stereocenters. The molecule has 23 heavy (non-hydrogen) atoms. The van der Waals surface area contributed by atoms with Gasteiger partial charge in [0.2, 0.25) is 0 Å². The molecule has 0 atom stereocenters. The van der Waals surface area contributed by atoms with Crippen molar-refractivity contribution >= 4 is 11.7 Å². The summed E-state index contributed by atoms with van der Waals surface area (Å²) in [7, 11) is 0. The maximum absolute atomic E-state index is 11.8. The summed E-state index contributed by atoms with van der Waals surface area (Å²) in [4.78, 5) is 25.8. The van der Waals surface area contributed by atoms with Crippen molar-refractivity contribution in [3.05, 3.63) is 23.5 Å². The number of hydrogen-bond donors (Lipinski definition) is 2. The van der Waals surface area contributed by atoms with Gasteiger partial charge in [0.05, 0.1) is 0 Å². The number of H-pyrrole nitrogens is 1. The summed E-state index contributed by atoms with van der Waals surface area (Å²) in [5.74, 6) is -0.239. The van der Waals surface area contributed by atoms with Gasteiger partial charge in [-0.05, 0) is 25.8 Å². The number of carbonyl (C=O) groups is 2. The van der Waals surface area contributed by atoms with Gasteiger partial charge >= 0.3 is 0 Å². The van der Waals surface area contributed by atoms with E-state index in [4.69, 9.17) is 4.74 Å². The molecule has 0 spiro atoms. The van der Waals surface area contributed by atoms with E-state index in [1.165, 1.54) is 39.0 Å². The van der Waals surface area contributed by atoms with Crippen LogP contribution in [0.25, 0.3) is 0 Å². The predicted molar refractivity (Wildman–Crippen MR) is 91.9 cm³/mol. The lowest BCUT2D eigenvalue weighted by Crippen LogP contribution is -2.25. The molecule has 2 N–H and O–H groups in total. The number of Topliss-reactive ketones (excluding diaryl/α,β-unsaturated/α-hetero) is 1. The van der Waals surface area contributed by atoms with Crippen LogP contribution in [0.15, 0.2) is 12.3 Å². The second-order valence-corrected chi connectivity index (χ2v) is 5.85. The van der Waals surface area contributed by atoms with Gasteiger partial charge in [-0.15, -0.1) is 0 Å². The second-order valence-electron chi connectivity index (χ2n) is 5.85. The lowest BCUT2D eigenvalue weighted by Gasteiger charge is -2.05. The SMILES string of the molecule is CCCCCCCCOCCCNC(=O)c1cc(C(C)=O)c[nH]1. The Bertz CT molecular complexity index is 469. The minimum Gasteiger partial charge on any atom is -0.381 e. The molecule has 5 heteroatoms. The number of unbranched alkanes of at least 4 members (excludes halogenated alkanes) is 5. The summed E-state index contributed by atoms with van der Waals surface area (Å²) in [6.45, 7) is 5.74. The van der Waals surface area contributed by atoms with Crippen molar-refractivity contribution in [2.75, 3.05) is 19.8 Å². The smallest absolute Gasteiger partial charge is 0.267 e. The molecule has 0 radical (unpaired) electrons. The number of aromatic nitrogens is 1. The monoisotopic (exact) mass is 322 g/mol. The fourth-order valence-corrected chi connectivity index (χ4v) is 2.29. The molecule has 1 aromatic heterocycles. The zero-order chi connectivity index (χ0) is 16.9. The number of rotatable bonds is 13. The highest BCUT2D eigenvalue weighted by atomic mass is 16.5. The molecule has 1 aromatic rings. The summed E-state index contributed by atoms with van der Waals surface area (Å²) in [5.41, 5.74) is 0.945. The Balaban J connectivity index is 1.98. The van der Waals surface area contributed by atoms with E-state index >= 15 is 0 Å². The van der Waals surface area contributed by atoms with Crippen LogP contribution in [0.5, 0.6) is 0 Å². The van der Waals surface area contributed by atoms with Crippen LogP contribution >= 0.6 is 0 Å². The minimum absolute atomic E-state index is 0.0524. The average Bonchev–Trinajstić information content (AvgIpc) is 3.02. The minimum atomic E-state index is -0.187. The Morgan fingerprint density at radius 1 is 1.09 bits per heavy atom. The molecular weight excluding hydrogens is 292 g/mol. The first-order valence-electron chi connectivity index (χ1n) is 8.70. The number of nitrogens with one attached hydrogen (secondary N) is 2. The second kappa shape index (κ2) is 11.9. The van der Waals surface area contributed by atoms with E-state index in [2.05, 4.69) is 17.2 Å². The van der Waals surface area contributed by atoms with Crippen molar-refractivity contribution in [2.45, 2.75) is 58.8 Å². The number of carbonyl (C=O) groups excluding carboxylic acids is 2. The van der Waals surface area contributed by atoms with Gasteiger partial charge in [0.15, 0.2) is 5.78 Å². The fourth-order valence-electron chi connectivity index (χ4n) is 2.29. The first-order valence-corrected chi connectivity index (χ1v) is 8.70. The van der Waals surface area contributed by atoms with Crippen molar-refractivity contribution in [3.8, 4) is 0 Å². The van der Waals surface area contributed by atoms with Crippen LogP contribution in [0.3, 0.4) is 0 Å². The molecule has 0 aromatic carbocycles. The number of aromatic amines is 1. The maximum Gasteiger partial charge on any atom is 0.267 e. The number of ketones is 1. The zero-order valence-corrected chi connectivity index (χ0v) is 14.5. The van der Waals surface area contributed by atoms with Crippen LogP contribution in [-0.4, -0.2) is 36.4 Å². The van der Waals surface area contributed by atoms with Gasteiger partial charge in [0, 0.05) is 31.5 Å². The Labute approximate surface area is 139 Å². The Kier molecular flexibility index (Phi) is 10.0. The van der Waals surface area contributed by atoms with Gasteiger partial charge in [0.25, 0.3) is 5.91 Å². The summed E-state index contributed by atoms with van der Waals surface area (Å²) in [5, 5.41) is 2.81. The van der Waals surface area contributed by atoms with Crippen LogP contribution < -0.4 is 5.32 Å². The third-order valence-corrected chi connectivity index (χ3v) is 3.73. The maximum atomic E-state index is 11.8. The van der Waals surface area contributed by atoms with Crippen molar-refractivity contribution in [1.82, 2.24) is 10.3 Å². The Morgan fingerprint density at radius 2 is 1.78 bits per heavy atom. The van der Waals surface area contributed by atoms with Gasteiger partial charge in [-0.3, -0.25) is 9.59 Å². The predicted octanol–water partition coefficient (Wildman–Crippen LogP) is 3.71. The van der Waals surface area contributed by atoms with Crippen LogP contribution in [-0.2, 0) is 4.74 Å². The van der Waals surface area contributed by atoms with E-state index in [9.17, 15) is 9.59 Å². The quantitative estimate of drug-likeness (QED) is 0.429. The first-order chi connectivity index (χ1) is 11.1. The number of amides is 1. The molecule has 1 heterocycles. The average molecular weight is 322 g/mol. The van der Waals surface area contributed by atoms with Gasteiger partial charge in [0.1, 0.15) is 5.69 Å². The van der Waals surface area contributed by atoms with Crippen LogP contribution in [0, 0.1) is 0 Å². The van der Waals surface area contributed by atoms with Crippen molar-refractivity contribution in [2.24, 2.45) is 0 Å². The molecule has 1 rings (SSSR count). The first kappa shape index (κ1) is 19.4. The normalized spacial score (nSPS) is 10.7. The van der Waals surface area contributed by atoms with Crippen molar-refractivity contribution < 1.29 is 14.3 Å². The Morgan fingerprint density at radius 3 is 2.48 bits per heavy atom. The molecule has 0 saturated carbocycles. The standard InChI is InChI=1S/C18H30N2O3/c1-3-4-5-6-7-8-11-23-12-9-10-19-18(22)17-13-16(14-20-17)15(2)21/h13-14,20H,3-12H2,1-2H3,(H,19,22). The van der Waals surface area contributed by atoms with Crippen molar-refractivity contribution in [1.29, 1.82) is 0 Å². The van der Waals surface area contributed by atoms with E-state index in [-0.39, 0.29) is 11.7 Å². The molecule has 0 fully saturated rings. The Hall–Kier alpha value is -1.62.